The van der Waals surface area contributed by atoms with E-state index in [2.05, 4.69) is 4.98 Å². The van der Waals surface area contributed by atoms with Crippen LogP contribution in [0.4, 0.5) is 5.69 Å². The molecule has 0 fully saturated rings. The summed E-state index contributed by atoms with van der Waals surface area (Å²) in [7, 11) is 0. The molecule has 2 aromatic rings. The molecule has 0 saturated carbocycles. The van der Waals surface area contributed by atoms with Crippen LogP contribution in [-0.4, -0.2) is 27.2 Å². The molecule has 0 unspecified atom stereocenters. The van der Waals surface area contributed by atoms with Crippen molar-refractivity contribution in [2.24, 2.45) is 0 Å². The monoisotopic (exact) mass is 261 g/mol. The zero-order valence-corrected chi connectivity index (χ0v) is 10.3. The van der Waals surface area contributed by atoms with E-state index in [1.54, 1.807) is 18.6 Å². The van der Waals surface area contributed by atoms with Gasteiger partial charge in [0.05, 0.1) is 18.5 Å². The highest BCUT2D eigenvalue weighted by Crippen LogP contribution is 2.19. The minimum absolute atomic E-state index is 0.0621. The lowest BCUT2D eigenvalue weighted by molar-refractivity contribution is 0.0697. The number of hydrogen-bond donors (Lipinski definition) is 2. The Morgan fingerprint density at radius 1 is 1.47 bits per heavy atom. The predicted octanol–water partition coefficient (Wildman–Crippen LogP) is 1.63. The van der Waals surface area contributed by atoms with Crippen LogP contribution in [0.1, 0.15) is 16.8 Å². The van der Waals surface area contributed by atoms with Gasteiger partial charge in [0.1, 0.15) is 5.75 Å². The second-order valence-corrected chi connectivity index (χ2v) is 4.06. The first-order chi connectivity index (χ1) is 9.16. The number of carboxylic acids is 1. The average Bonchev–Trinajstić information content (AvgIpc) is 2.89. The molecule has 0 radical (unpaired) electrons. The number of benzene rings is 1. The summed E-state index contributed by atoms with van der Waals surface area (Å²) in [6.45, 7) is 1.31. The summed E-state index contributed by atoms with van der Waals surface area (Å²) in [5.41, 5.74) is 5.86. The van der Waals surface area contributed by atoms with Crippen molar-refractivity contribution in [3.8, 4) is 5.75 Å². The summed E-state index contributed by atoms with van der Waals surface area (Å²) in [6, 6.07) is 4.64. The van der Waals surface area contributed by atoms with E-state index in [0.717, 1.165) is 13.0 Å². The van der Waals surface area contributed by atoms with Crippen LogP contribution >= 0.6 is 0 Å². The Morgan fingerprint density at radius 3 is 3.00 bits per heavy atom. The standard InChI is InChI=1S/C13H15N3O3/c14-12-3-2-10(8-11(12)13(17)18)19-7-1-5-16-6-4-15-9-16/h2-4,6,8-9H,1,5,7,14H2,(H,17,18). The summed E-state index contributed by atoms with van der Waals surface area (Å²) >= 11 is 0. The fourth-order valence-corrected chi connectivity index (χ4v) is 1.67. The van der Waals surface area contributed by atoms with E-state index in [9.17, 15) is 4.79 Å². The lowest BCUT2D eigenvalue weighted by Crippen LogP contribution is -2.05. The van der Waals surface area contributed by atoms with Crippen LogP contribution in [0.2, 0.25) is 0 Å². The van der Waals surface area contributed by atoms with E-state index >= 15 is 0 Å². The Bertz CT molecular complexity index is 552. The van der Waals surface area contributed by atoms with E-state index in [-0.39, 0.29) is 11.3 Å². The number of carbonyl (C=O) groups is 1. The van der Waals surface area contributed by atoms with Gasteiger partial charge in [0, 0.05) is 24.6 Å². The number of aromatic carboxylic acids is 1. The number of anilines is 1. The molecular formula is C13H15N3O3. The van der Waals surface area contributed by atoms with Gasteiger partial charge in [-0.2, -0.15) is 0 Å². The minimum atomic E-state index is -1.05. The van der Waals surface area contributed by atoms with Gasteiger partial charge in [-0.25, -0.2) is 9.78 Å². The number of aryl methyl sites for hydroxylation is 1. The molecule has 6 nitrogen and oxygen atoms in total. The summed E-state index contributed by atoms with van der Waals surface area (Å²) in [6.07, 6.45) is 6.15. The molecule has 100 valence electrons. The number of nitrogen functional groups attached to an aromatic ring is 1. The highest BCUT2D eigenvalue weighted by Gasteiger charge is 2.08. The number of nitrogens with two attached hydrogens (primary N) is 1. The maximum atomic E-state index is 10.9. The van der Waals surface area contributed by atoms with Crippen molar-refractivity contribution < 1.29 is 14.6 Å². The molecule has 6 heteroatoms. The van der Waals surface area contributed by atoms with Crippen molar-refractivity contribution in [2.45, 2.75) is 13.0 Å². The highest BCUT2D eigenvalue weighted by molar-refractivity contribution is 5.94. The van der Waals surface area contributed by atoms with Crippen LogP contribution in [0.25, 0.3) is 0 Å². The molecule has 1 aromatic carbocycles. The molecule has 0 spiro atoms. The molecule has 19 heavy (non-hydrogen) atoms. The van der Waals surface area contributed by atoms with Gasteiger partial charge in [0.15, 0.2) is 0 Å². The van der Waals surface area contributed by atoms with Crippen LogP contribution in [0.5, 0.6) is 5.75 Å². The maximum Gasteiger partial charge on any atom is 0.337 e. The molecule has 0 aliphatic rings. The van der Waals surface area contributed by atoms with Crippen LogP contribution < -0.4 is 10.5 Å². The van der Waals surface area contributed by atoms with E-state index in [1.807, 2.05) is 10.8 Å². The topological polar surface area (TPSA) is 90.4 Å². The van der Waals surface area contributed by atoms with E-state index < -0.39 is 5.97 Å². The Balaban J connectivity index is 1.86. The molecule has 1 heterocycles. The van der Waals surface area contributed by atoms with E-state index in [1.165, 1.54) is 12.1 Å². The predicted molar refractivity (Wildman–Crippen MR) is 70.2 cm³/mol. The van der Waals surface area contributed by atoms with Gasteiger partial charge in [-0.3, -0.25) is 0 Å². The number of imidazole rings is 1. The lowest BCUT2D eigenvalue weighted by atomic mass is 10.2. The minimum Gasteiger partial charge on any atom is -0.494 e. The molecular weight excluding hydrogens is 246 g/mol. The molecule has 1 aromatic heterocycles. The summed E-state index contributed by atoms with van der Waals surface area (Å²) in [5.74, 6) is -0.543. The Kier molecular flexibility index (Phi) is 4.02. The SMILES string of the molecule is Nc1ccc(OCCCn2ccnc2)cc1C(=O)O. The van der Waals surface area contributed by atoms with Crippen molar-refractivity contribution in [2.75, 3.05) is 12.3 Å². The summed E-state index contributed by atoms with van der Waals surface area (Å²) < 4.78 is 7.45. The van der Waals surface area contributed by atoms with E-state index in [0.29, 0.717) is 12.4 Å². The molecule has 2 rings (SSSR count). The van der Waals surface area contributed by atoms with Gasteiger partial charge >= 0.3 is 5.97 Å². The third-order valence-corrected chi connectivity index (χ3v) is 2.64. The van der Waals surface area contributed by atoms with Gasteiger partial charge in [0.25, 0.3) is 0 Å². The van der Waals surface area contributed by atoms with E-state index in [4.69, 9.17) is 15.6 Å². The molecule has 0 bridgehead atoms. The molecule has 0 amide bonds. The first-order valence-corrected chi connectivity index (χ1v) is 5.88. The smallest absolute Gasteiger partial charge is 0.337 e. The second kappa shape index (κ2) is 5.90. The zero-order valence-electron chi connectivity index (χ0n) is 10.3. The molecule has 3 N–H and O–H groups in total. The largest absolute Gasteiger partial charge is 0.494 e. The number of nitrogens with zero attached hydrogens (tertiary/aromatic N) is 2. The second-order valence-electron chi connectivity index (χ2n) is 4.06. The third-order valence-electron chi connectivity index (χ3n) is 2.64. The molecule has 0 aliphatic heterocycles. The van der Waals surface area contributed by atoms with Crippen molar-refractivity contribution in [1.82, 2.24) is 9.55 Å². The Hall–Kier alpha value is -2.50. The lowest BCUT2D eigenvalue weighted by Gasteiger charge is -2.08. The normalized spacial score (nSPS) is 10.3. The molecule has 0 atom stereocenters. The Labute approximate surface area is 110 Å². The number of aromatic nitrogens is 2. The molecule has 0 aliphatic carbocycles. The number of hydrogen-bond acceptors (Lipinski definition) is 4. The summed E-state index contributed by atoms with van der Waals surface area (Å²) in [5, 5.41) is 8.94. The van der Waals surface area contributed by atoms with Crippen LogP contribution in [-0.2, 0) is 6.54 Å². The van der Waals surface area contributed by atoms with Crippen LogP contribution in [0, 0.1) is 0 Å². The van der Waals surface area contributed by atoms with Gasteiger partial charge in [-0.15, -0.1) is 0 Å². The first kappa shape index (κ1) is 12.9. The first-order valence-electron chi connectivity index (χ1n) is 5.88. The van der Waals surface area contributed by atoms with Gasteiger partial charge in [-0.1, -0.05) is 0 Å². The highest BCUT2D eigenvalue weighted by atomic mass is 16.5. The van der Waals surface area contributed by atoms with Gasteiger partial charge in [0.2, 0.25) is 0 Å². The van der Waals surface area contributed by atoms with Crippen molar-refractivity contribution in [1.29, 1.82) is 0 Å². The third kappa shape index (κ3) is 3.48. The van der Waals surface area contributed by atoms with Crippen LogP contribution in [0.15, 0.2) is 36.9 Å². The van der Waals surface area contributed by atoms with Gasteiger partial charge < -0.3 is 20.1 Å². The summed E-state index contributed by atoms with van der Waals surface area (Å²) in [4.78, 5) is 14.9. The van der Waals surface area contributed by atoms with Crippen LogP contribution in [0.3, 0.4) is 0 Å². The maximum absolute atomic E-state index is 10.9. The fourth-order valence-electron chi connectivity index (χ4n) is 1.67. The van der Waals surface area contributed by atoms with Crippen molar-refractivity contribution in [3.05, 3.63) is 42.5 Å². The van der Waals surface area contributed by atoms with Crippen molar-refractivity contribution in [3.63, 3.8) is 0 Å². The van der Waals surface area contributed by atoms with Crippen molar-refractivity contribution >= 4 is 11.7 Å². The average molecular weight is 261 g/mol. The number of ether oxygens (including phenoxy) is 1. The number of rotatable bonds is 6. The fraction of sp³-hybridized carbons (Fsp3) is 0.231. The quantitative estimate of drug-likeness (QED) is 0.609. The number of carboxylic acid groups (broad SMARTS) is 1. The molecule has 0 saturated heterocycles. The van der Waals surface area contributed by atoms with Gasteiger partial charge in [-0.05, 0) is 24.6 Å². The zero-order chi connectivity index (χ0) is 13.7. The Morgan fingerprint density at radius 2 is 2.32 bits per heavy atom.